The molecule has 0 saturated heterocycles. The molecule has 1 heterocycles. The molecule has 0 atom stereocenters. The lowest BCUT2D eigenvalue weighted by molar-refractivity contribution is -0.143. The van der Waals surface area contributed by atoms with Crippen molar-refractivity contribution >= 4 is 28.5 Å². The average molecular weight is 485 g/mol. The van der Waals surface area contributed by atoms with E-state index >= 15 is 0 Å². The summed E-state index contributed by atoms with van der Waals surface area (Å²) in [4.78, 5) is 23.7. The van der Waals surface area contributed by atoms with E-state index in [1.54, 1.807) is 0 Å². The first-order valence-corrected chi connectivity index (χ1v) is 12.3. The van der Waals surface area contributed by atoms with Gasteiger partial charge in [0, 0.05) is 36.5 Å². The molecule has 0 aliphatic carbocycles. The smallest absolute Gasteiger partial charge is 0.306 e. The van der Waals surface area contributed by atoms with Gasteiger partial charge in [-0.2, -0.15) is 0 Å². The minimum absolute atomic E-state index is 0.0211. The van der Waals surface area contributed by atoms with E-state index in [1.165, 1.54) is 23.6 Å². The maximum Gasteiger partial charge on any atom is 0.306 e. The largest absolute Gasteiger partial charge is 0.466 e. The van der Waals surface area contributed by atoms with Crippen LogP contribution in [0.25, 0.3) is 16.6 Å². The van der Waals surface area contributed by atoms with Crippen LogP contribution in [-0.4, -0.2) is 36.8 Å². The summed E-state index contributed by atoms with van der Waals surface area (Å²) in [5, 5.41) is 4.02. The molecule has 4 aromatic rings. The molecule has 0 aliphatic rings. The number of carbonyl (C=O) groups excluding carboxylic acids is 2. The van der Waals surface area contributed by atoms with Gasteiger partial charge in [-0.25, -0.2) is 0 Å². The number of anilines is 1. The van der Waals surface area contributed by atoms with Gasteiger partial charge in [0.05, 0.1) is 12.1 Å². The van der Waals surface area contributed by atoms with Crippen molar-refractivity contribution in [2.75, 3.05) is 25.6 Å². The van der Waals surface area contributed by atoms with Crippen LogP contribution in [0, 0.1) is 0 Å². The van der Waals surface area contributed by atoms with E-state index < -0.39 is 0 Å². The Morgan fingerprint density at radius 1 is 0.889 bits per heavy atom. The Bertz CT molecular complexity index is 1310. The fraction of sp³-hybridized carbons (Fsp3) is 0.267. The third kappa shape index (κ3) is 6.40. The topological polar surface area (TPSA) is 69.6 Å². The molecular formula is C30H32N2O4. The molecule has 0 bridgehead atoms. The van der Waals surface area contributed by atoms with E-state index in [0.29, 0.717) is 19.4 Å². The molecular weight excluding hydrogens is 452 g/mol. The number of ether oxygens (including phenoxy) is 2. The van der Waals surface area contributed by atoms with Crippen molar-refractivity contribution in [3.05, 3.63) is 95.7 Å². The quantitative estimate of drug-likeness (QED) is 0.286. The van der Waals surface area contributed by atoms with E-state index in [2.05, 4.69) is 58.5 Å². The average Bonchev–Trinajstić information content (AvgIpc) is 3.25. The van der Waals surface area contributed by atoms with Crippen LogP contribution in [0.2, 0.25) is 0 Å². The summed E-state index contributed by atoms with van der Waals surface area (Å²) in [6, 6.07) is 24.7. The maximum atomic E-state index is 11.9. The number of hydrogen-bond acceptors (Lipinski definition) is 4. The van der Waals surface area contributed by atoms with Gasteiger partial charge in [-0.15, -0.1) is 0 Å². The summed E-state index contributed by atoms with van der Waals surface area (Å²) in [5.74, 6) is -0.354. The molecule has 1 amide bonds. The van der Waals surface area contributed by atoms with E-state index in [0.717, 1.165) is 35.3 Å². The number of amides is 1. The summed E-state index contributed by atoms with van der Waals surface area (Å²) >= 11 is 0. The fourth-order valence-corrected chi connectivity index (χ4v) is 4.35. The SMILES string of the molecule is CCOC(=O)CCc1ccc2c(c1)c(CCc1ccccc1)cn2-c1ccc(NC(=O)COC)cc1. The zero-order valence-corrected chi connectivity index (χ0v) is 20.8. The molecule has 0 unspecified atom stereocenters. The number of rotatable bonds is 11. The molecule has 0 saturated carbocycles. The summed E-state index contributed by atoms with van der Waals surface area (Å²) < 4.78 is 12.2. The summed E-state index contributed by atoms with van der Waals surface area (Å²) in [6.07, 6.45) is 5.06. The molecule has 0 spiro atoms. The van der Waals surface area contributed by atoms with Gasteiger partial charge in [0.15, 0.2) is 0 Å². The molecule has 36 heavy (non-hydrogen) atoms. The molecule has 1 N–H and O–H groups in total. The second kappa shape index (κ2) is 12.2. The molecule has 186 valence electrons. The Kier molecular flexibility index (Phi) is 8.53. The van der Waals surface area contributed by atoms with Crippen molar-refractivity contribution in [2.45, 2.75) is 32.6 Å². The first kappa shape index (κ1) is 25.2. The number of fused-ring (bicyclic) bond motifs is 1. The molecule has 1 aromatic heterocycles. The second-order valence-corrected chi connectivity index (χ2v) is 8.69. The Hall–Kier alpha value is -3.90. The number of methoxy groups -OCH3 is 1. The number of aromatic nitrogens is 1. The van der Waals surface area contributed by atoms with E-state index in [-0.39, 0.29) is 18.5 Å². The molecule has 0 aliphatic heterocycles. The van der Waals surface area contributed by atoms with Gasteiger partial charge in [0.1, 0.15) is 6.61 Å². The first-order valence-electron chi connectivity index (χ1n) is 12.3. The monoisotopic (exact) mass is 484 g/mol. The maximum absolute atomic E-state index is 11.9. The van der Waals surface area contributed by atoms with Crippen molar-refractivity contribution in [2.24, 2.45) is 0 Å². The Balaban J connectivity index is 1.62. The third-order valence-electron chi connectivity index (χ3n) is 6.11. The third-order valence-corrected chi connectivity index (χ3v) is 6.11. The number of esters is 1. The van der Waals surface area contributed by atoms with Crippen LogP contribution in [0.1, 0.15) is 30.0 Å². The lowest BCUT2D eigenvalue weighted by atomic mass is 10.0. The minimum Gasteiger partial charge on any atom is -0.466 e. The number of carbonyl (C=O) groups is 2. The number of benzene rings is 3. The first-order chi connectivity index (χ1) is 17.6. The van der Waals surface area contributed by atoms with Crippen molar-refractivity contribution in [3.63, 3.8) is 0 Å². The van der Waals surface area contributed by atoms with Gasteiger partial charge < -0.3 is 19.4 Å². The van der Waals surface area contributed by atoms with Crippen molar-refractivity contribution < 1.29 is 19.1 Å². The van der Waals surface area contributed by atoms with Crippen molar-refractivity contribution in [3.8, 4) is 5.69 Å². The summed E-state index contributed by atoms with van der Waals surface area (Å²) in [5.41, 5.74) is 6.51. The van der Waals surface area contributed by atoms with Crippen LogP contribution < -0.4 is 5.32 Å². The molecule has 0 fully saturated rings. The predicted molar refractivity (Wildman–Crippen MR) is 143 cm³/mol. The van der Waals surface area contributed by atoms with Gasteiger partial charge in [-0.05, 0) is 79.3 Å². The van der Waals surface area contributed by atoms with Crippen LogP contribution in [0.3, 0.4) is 0 Å². The molecule has 6 heteroatoms. The van der Waals surface area contributed by atoms with Gasteiger partial charge in [-0.3, -0.25) is 9.59 Å². The summed E-state index contributed by atoms with van der Waals surface area (Å²) in [6.45, 7) is 2.25. The standard InChI is InChI=1S/C30H32N2O4/c1-3-36-30(34)18-11-23-10-17-28-27(19-23)24(12-9-22-7-5-4-6-8-22)20-32(28)26-15-13-25(14-16-26)31-29(33)21-35-2/h4-8,10,13-17,19-20H,3,9,11-12,18,21H2,1-2H3,(H,31,33). The zero-order valence-electron chi connectivity index (χ0n) is 20.8. The van der Waals surface area contributed by atoms with E-state index in [9.17, 15) is 9.59 Å². The highest BCUT2D eigenvalue weighted by Gasteiger charge is 2.13. The van der Waals surface area contributed by atoms with E-state index in [1.807, 2.05) is 37.3 Å². The Morgan fingerprint density at radius 3 is 2.39 bits per heavy atom. The van der Waals surface area contributed by atoms with Gasteiger partial charge in [0.25, 0.3) is 0 Å². The summed E-state index contributed by atoms with van der Waals surface area (Å²) in [7, 11) is 1.50. The van der Waals surface area contributed by atoms with Crippen LogP contribution in [-0.2, 0) is 38.3 Å². The molecule has 0 radical (unpaired) electrons. The minimum atomic E-state index is -0.185. The van der Waals surface area contributed by atoms with Crippen molar-refractivity contribution in [1.82, 2.24) is 4.57 Å². The molecule has 6 nitrogen and oxygen atoms in total. The Labute approximate surface area is 211 Å². The number of hydrogen-bond donors (Lipinski definition) is 1. The fourth-order valence-electron chi connectivity index (χ4n) is 4.35. The number of nitrogens with zero attached hydrogens (tertiary/aromatic N) is 1. The zero-order chi connectivity index (χ0) is 25.3. The van der Waals surface area contributed by atoms with Crippen molar-refractivity contribution in [1.29, 1.82) is 0 Å². The lowest BCUT2D eigenvalue weighted by Crippen LogP contribution is -2.16. The number of aryl methyl sites for hydroxylation is 3. The van der Waals surface area contributed by atoms with E-state index in [4.69, 9.17) is 9.47 Å². The van der Waals surface area contributed by atoms with Gasteiger partial charge in [-0.1, -0.05) is 36.4 Å². The lowest BCUT2D eigenvalue weighted by Gasteiger charge is -2.09. The molecule has 4 rings (SSSR count). The Morgan fingerprint density at radius 2 is 1.67 bits per heavy atom. The van der Waals surface area contributed by atoms with Crippen LogP contribution in [0.5, 0.6) is 0 Å². The second-order valence-electron chi connectivity index (χ2n) is 8.69. The normalized spacial score (nSPS) is 10.9. The number of nitrogens with one attached hydrogen (secondary N) is 1. The molecule has 3 aromatic carbocycles. The van der Waals surface area contributed by atoms with Crippen LogP contribution in [0.15, 0.2) is 79.0 Å². The van der Waals surface area contributed by atoms with Gasteiger partial charge in [0.2, 0.25) is 5.91 Å². The van der Waals surface area contributed by atoms with Gasteiger partial charge >= 0.3 is 5.97 Å². The van der Waals surface area contributed by atoms with Crippen LogP contribution >= 0.6 is 0 Å². The van der Waals surface area contributed by atoms with Crippen LogP contribution in [0.4, 0.5) is 5.69 Å². The highest BCUT2D eigenvalue weighted by Crippen LogP contribution is 2.28. The highest BCUT2D eigenvalue weighted by molar-refractivity contribution is 5.92. The predicted octanol–water partition coefficient (Wildman–Crippen LogP) is 5.50. The highest BCUT2D eigenvalue weighted by atomic mass is 16.5.